The monoisotopic (exact) mass is 299 g/mol. The van der Waals surface area contributed by atoms with Crippen molar-refractivity contribution >= 4 is 11.9 Å². The number of hydrogen-bond donors (Lipinski definition) is 2. The summed E-state index contributed by atoms with van der Waals surface area (Å²) in [4.78, 5) is 23.8. The first-order chi connectivity index (χ1) is 9.90. The molecule has 5 nitrogen and oxygen atoms in total. The predicted molar refractivity (Wildman–Crippen MR) is 68.5 cm³/mol. The number of likely N-dealkylation sites (tertiary alicyclic amines) is 1. The molecule has 0 saturated carbocycles. The molecule has 7 heteroatoms. The Balaban J connectivity index is 2.11. The fourth-order valence-electron chi connectivity index (χ4n) is 2.62. The van der Waals surface area contributed by atoms with Crippen molar-refractivity contribution in [2.24, 2.45) is 11.8 Å². The van der Waals surface area contributed by atoms with Crippen LogP contribution in [-0.4, -0.2) is 40.1 Å². The van der Waals surface area contributed by atoms with E-state index in [1.54, 1.807) is 4.90 Å². The summed E-state index contributed by atoms with van der Waals surface area (Å²) >= 11 is 0. The second-order valence-corrected chi connectivity index (χ2v) is 5.13. The Bertz CT molecular complexity index is 564. The van der Waals surface area contributed by atoms with Crippen LogP contribution in [-0.2, 0) is 16.1 Å². The highest BCUT2D eigenvalue weighted by molar-refractivity contribution is 5.80. The van der Waals surface area contributed by atoms with E-state index in [1.165, 1.54) is 12.1 Å². The third-order valence-corrected chi connectivity index (χ3v) is 3.76. The van der Waals surface area contributed by atoms with Gasteiger partial charge in [0, 0.05) is 18.7 Å². The molecule has 0 spiro atoms. The molecule has 1 heterocycles. The fraction of sp³-hybridized carbons (Fsp3) is 0.429. The summed E-state index contributed by atoms with van der Waals surface area (Å²) in [6.07, 6.45) is 0.170. The molecule has 2 rings (SSSR count). The number of nitrogens with zero attached hydrogens (tertiary/aromatic N) is 1. The molecule has 0 radical (unpaired) electrons. The Kier molecular flexibility index (Phi) is 4.52. The van der Waals surface area contributed by atoms with E-state index < -0.39 is 35.4 Å². The number of piperidine rings is 1. The Hall–Kier alpha value is -2.02. The van der Waals surface area contributed by atoms with E-state index in [0.29, 0.717) is 6.54 Å². The first-order valence-electron chi connectivity index (χ1n) is 6.51. The molecule has 1 saturated heterocycles. The van der Waals surface area contributed by atoms with Gasteiger partial charge >= 0.3 is 11.9 Å². The zero-order valence-electron chi connectivity index (χ0n) is 11.1. The quantitative estimate of drug-likeness (QED) is 0.882. The van der Waals surface area contributed by atoms with Crippen molar-refractivity contribution in [3.8, 4) is 0 Å². The van der Waals surface area contributed by atoms with Gasteiger partial charge in [-0.15, -0.1) is 0 Å². The largest absolute Gasteiger partial charge is 0.481 e. The van der Waals surface area contributed by atoms with Gasteiger partial charge in [0.05, 0.1) is 11.8 Å². The second kappa shape index (κ2) is 6.17. The van der Waals surface area contributed by atoms with Crippen LogP contribution in [0.4, 0.5) is 8.78 Å². The zero-order chi connectivity index (χ0) is 15.6. The van der Waals surface area contributed by atoms with Crippen molar-refractivity contribution in [3.63, 3.8) is 0 Å². The van der Waals surface area contributed by atoms with Crippen molar-refractivity contribution in [1.82, 2.24) is 4.90 Å². The number of halogens is 2. The third-order valence-electron chi connectivity index (χ3n) is 3.76. The van der Waals surface area contributed by atoms with Crippen molar-refractivity contribution in [2.45, 2.75) is 13.0 Å². The van der Waals surface area contributed by atoms with Crippen LogP contribution < -0.4 is 0 Å². The molecule has 2 unspecified atom stereocenters. The van der Waals surface area contributed by atoms with Gasteiger partial charge in [0.25, 0.3) is 0 Å². The van der Waals surface area contributed by atoms with Crippen LogP contribution >= 0.6 is 0 Å². The lowest BCUT2D eigenvalue weighted by Crippen LogP contribution is -2.46. The number of carboxylic acid groups (broad SMARTS) is 2. The lowest BCUT2D eigenvalue weighted by Gasteiger charge is -2.34. The Morgan fingerprint density at radius 3 is 2.48 bits per heavy atom. The molecule has 0 aliphatic carbocycles. The summed E-state index contributed by atoms with van der Waals surface area (Å²) in [7, 11) is 0. The summed E-state index contributed by atoms with van der Waals surface area (Å²) in [5.41, 5.74) is 0.132. The summed E-state index contributed by atoms with van der Waals surface area (Å²) in [6, 6.07) is 3.82. The number of hydrogen-bond acceptors (Lipinski definition) is 3. The van der Waals surface area contributed by atoms with Gasteiger partial charge in [0.15, 0.2) is 11.6 Å². The van der Waals surface area contributed by atoms with Crippen LogP contribution in [0.1, 0.15) is 12.0 Å². The maximum Gasteiger partial charge on any atom is 0.308 e. The molecular weight excluding hydrogens is 284 g/mol. The van der Waals surface area contributed by atoms with E-state index in [-0.39, 0.29) is 25.1 Å². The topological polar surface area (TPSA) is 77.8 Å². The van der Waals surface area contributed by atoms with Crippen LogP contribution in [0.3, 0.4) is 0 Å². The molecule has 1 aliphatic heterocycles. The Morgan fingerprint density at radius 1 is 1.19 bits per heavy atom. The number of benzene rings is 1. The van der Waals surface area contributed by atoms with Crippen molar-refractivity contribution < 1.29 is 28.6 Å². The average Bonchev–Trinajstić information content (AvgIpc) is 2.43. The molecule has 1 aliphatic rings. The molecule has 1 aromatic carbocycles. The van der Waals surface area contributed by atoms with Crippen LogP contribution in [0, 0.1) is 23.5 Å². The minimum Gasteiger partial charge on any atom is -0.481 e. The average molecular weight is 299 g/mol. The Morgan fingerprint density at radius 2 is 1.86 bits per heavy atom. The highest BCUT2D eigenvalue weighted by Crippen LogP contribution is 2.26. The van der Waals surface area contributed by atoms with E-state index in [1.807, 2.05) is 0 Å². The van der Waals surface area contributed by atoms with Gasteiger partial charge in [0.1, 0.15) is 0 Å². The van der Waals surface area contributed by atoms with E-state index in [2.05, 4.69) is 0 Å². The first kappa shape index (κ1) is 15.4. The molecule has 1 aromatic rings. The molecule has 2 N–H and O–H groups in total. The second-order valence-electron chi connectivity index (χ2n) is 5.13. The van der Waals surface area contributed by atoms with Gasteiger partial charge in [-0.1, -0.05) is 12.1 Å². The van der Waals surface area contributed by atoms with Crippen LogP contribution in [0.25, 0.3) is 0 Å². The van der Waals surface area contributed by atoms with Crippen LogP contribution in [0.15, 0.2) is 18.2 Å². The van der Waals surface area contributed by atoms with E-state index >= 15 is 0 Å². The first-order valence-corrected chi connectivity index (χ1v) is 6.51. The zero-order valence-corrected chi connectivity index (χ0v) is 11.1. The van der Waals surface area contributed by atoms with Gasteiger partial charge in [-0.3, -0.25) is 14.5 Å². The van der Waals surface area contributed by atoms with E-state index in [0.717, 1.165) is 6.07 Å². The number of carbonyl (C=O) groups is 2. The highest BCUT2D eigenvalue weighted by atomic mass is 19.2. The molecule has 21 heavy (non-hydrogen) atoms. The maximum absolute atomic E-state index is 13.6. The standard InChI is InChI=1S/C14H15F2NO4/c15-11-3-1-2-8(12(11)16)6-17-5-4-9(13(18)19)10(7-17)14(20)21/h1-3,9-10H,4-7H2,(H,18,19)(H,20,21). The SMILES string of the molecule is O=C(O)C1CCN(Cc2cccc(F)c2F)CC1C(=O)O. The Labute approximate surface area is 119 Å². The number of aliphatic carboxylic acids is 2. The normalized spacial score (nSPS) is 23.0. The third kappa shape index (κ3) is 3.36. The minimum absolute atomic E-state index is 0.00224. The molecule has 1 fully saturated rings. The number of carboxylic acids is 2. The van der Waals surface area contributed by atoms with E-state index in [4.69, 9.17) is 10.2 Å². The molecule has 0 amide bonds. The lowest BCUT2D eigenvalue weighted by atomic mass is 9.85. The van der Waals surface area contributed by atoms with Crippen LogP contribution in [0.5, 0.6) is 0 Å². The van der Waals surface area contributed by atoms with Crippen molar-refractivity contribution in [3.05, 3.63) is 35.4 Å². The van der Waals surface area contributed by atoms with Crippen LogP contribution in [0.2, 0.25) is 0 Å². The van der Waals surface area contributed by atoms with Crippen molar-refractivity contribution in [2.75, 3.05) is 13.1 Å². The lowest BCUT2D eigenvalue weighted by molar-refractivity contribution is -0.157. The molecule has 114 valence electrons. The van der Waals surface area contributed by atoms with Gasteiger partial charge in [-0.25, -0.2) is 8.78 Å². The summed E-state index contributed by atoms with van der Waals surface area (Å²) < 4.78 is 26.7. The number of rotatable bonds is 4. The summed E-state index contributed by atoms with van der Waals surface area (Å²) in [5.74, 6) is -6.23. The van der Waals surface area contributed by atoms with Gasteiger partial charge in [0.2, 0.25) is 0 Å². The van der Waals surface area contributed by atoms with Gasteiger partial charge < -0.3 is 10.2 Å². The highest BCUT2D eigenvalue weighted by Gasteiger charge is 2.38. The maximum atomic E-state index is 13.6. The summed E-state index contributed by atoms with van der Waals surface area (Å²) in [5, 5.41) is 18.1. The van der Waals surface area contributed by atoms with Crippen molar-refractivity contribution in [1.29, 1.82) is 0 Å². The van der Waals surface area contributed by atoms with Gasteiger partial charge in [-0.05, 0) is 19.0 Å². The smallest absolute Gasteiger partial charge is 0.308 e. The summed E-state index contributed by atoms with van der Waals surface area (Å²) in [6.45, 7) is 0.388. The molecular formula is C14H15F2NO4. The van der Waals surface area contributed by atoms with Gasteiger partial charge in [-0.2, -0.15) is 0 Å². The molecule has 0 aromatic heterocycles. The molecule has 2 atom stereocenters. The predicted octanol–water partition coefficient (Wildman–Crippen LogP) is 1.57. The minimum atomic E-state index is -1.19. The van der Waals surface area contributed by atoms with E-state index in [9.17, 15) is 18.4 Å². The molecule has 0 bridgehead atoms. The fourth-order valence-corrected chi connectivity index (χ4v) is 2.62.